The van der Waals surface area contributed by atoms with E-state index < -0.39 is 11.6 Å². The Bertz CT molecular complexity index is 164. The highest BCUT2D eigenvalue weighted by Gasteiger charge is 2.35. The van der Waals surface area contributed by atoms with Gasteiger partial charge in [-0.2, -0.15) is 0 Å². The molecule has 14 heavy (non-hydrogen) atoms. The Morgan fingerprint density at radius 2 is 1.86 bits per heavy atom. The van der Waals surface area contributed by atoms with Gasteiger partial charge in [-0.3, -0.25) is 0 Å². The second-order valence-corrected chi connectivity index (χ2v) is 3.20. The predicted molar refractivity (Wildman–Crippen MR) is 53.4 cm³/mol. The summed E-state index contributed by atoms with van der Waals surface area (Å²) in [5.74, 6) is -0.875. The minimum absolute atomic E-state index is 0.432. The number of carboxylic acids is 1. The van der Waals surface area contributed by atoms with E-state index >= 15 is 0 Å². The highest BCUT2D eigenvalue weighted by atomic mass is 16.5. The van der Waals surface area contributed by atoms with Crippen molar-refractivity contribution in [2.45, 2.75) is 38.7 Å². The van der Waals surface area contributed by atoms with E-state index in [-0.39, 0.29) is 0 Å². The summed E-state index contributed by atoms with van der Waals surface area (Å²) in [6, 6.07) is 0. The van der Waals surface area contributed by atoms with Gasteiger partial charge in [-0.15, -0.1) is 0 Å². The van der Waals surface area contributed by atoms with Crippen LogP contribution in [-0.4, -0.2) is 37.0 Å². The van der Waals surface area contributed by atoms with Crippen LogP contribution < -0.4 is 0 Å². The molecule has 0 unspecified atom stereocenters. The highest BCUT2D eigenvalue weighted by molar-refractivity contribution is 5.77. The first kappa shape index (κ1) is 13.4. The van der Waals surface area contributed by atoms with Gasteiger partial charge >= 0.3 is 5.97 Å². The van der Waals surface area contributed by atoms with Crippen LogP contribution in [0.3, 0.4) is 0 Å². The van der Waals surface area contributed by atoms with Gasteiger partial charge < -0.3 is 14.6 Å². The van der Waals surface area contributed by atoms with Crippen LogP contribution in [0.2, 0.25) is 0 Å². The fourth-order valence-electron chi connectivity index (χ4n) is 1.29. The minimum atomic E-state index is -1.01. The van der Waals surface area contributed by atoms with Gasteiger partial charge in [-0.1, -0.05) is 13.8 Å². The number of carboxylic acid groups (broad SMARTS) is 1. The molecule has 0 heterocycles. The molecule has 0 radical (unpaired) electrons. The van der Waals surface area contributed by atoms with Gasteiger partial charge in [-0.25, -0.2) is 4.79 Å². The summed E-state index contributed by atoms with van der Waals surface area (Å²) in [5, 5.41) is 9.02. The van der Waals surface area contributed by atoms with Crippen LogP contribution in [0.1, 0.15) is 33.1 Å². The Labute approximate surface area is 85.2 Å². The lowest BCUT2D eigenvalue weighted by molar-refractivity contribution is -0.167. The highest BCUT2D eigenvalue weighted by Crippen LogP contribution is 2.20. The van der Waals surface area contributed by atoms with Crippen LogP contribution in [0, 0.1) is 0 Å². The van der Waals surface area contributed by atoms with Gasteiger partial charge in [0.15, 0.2) is 5.60 Å². The molecule has 0 atom stereocenters. The maximum atomic E-state index is 11.0. The molecule has 1 N–H and O–H groups in total. The molecule has 0 bridgehead atoms. The van der Waals surface area contributed by atoms with Crippen molar-refractivity contribution in [1.82, 2.24) is 0 Å². The smallest absolute Gasteiger partial charge is 0.335 e. The van der Waals surface area contributed by atoms with E-state index in [2.05, 4.69) is 0 Å². The predicted octanol–water partition coefficient (Wildman–Crippen LogP) is 1.68. The third-order valence-corrected chi connectivity index (χ3v) is 2.40. The molecule has 0 aliphatic carbocycles. The van der Waals surface area contributed by atoms with E-state index in [1.807, 2.05) is 13.8 Å². The summed E-state index contributed by atoms with van der Waals surface area (Å²) >= 11 is 0. The molecular weight excluding hydrogens is 184 g/mol. The second kappa shape index (κ2) is 6.79. The average molecular weight is 204 g/mol. The first-order valence-corrected chi connectivity index (χ1v) is 4.99. The molecule has 0 rings (SSSR count). The lowest BCUT2D eigenvalue weighted by Crippen LogP contribution is -2.40. The molecular formula is C10H20O4. The van der Waals surface area contributed by atoms with Crippen LogP contribution in [0.5, 0.6) is 0 Å². The van der Waals surface area contributed by atoms with Crippen LogP contribution in [0.25, 0.3) is 0 Å². The lowest BCUT2D eigenvalue weighted by Gasteiger charge is -2.26. The Kier molecular flexibility index (Phi) is 6.49. The fourth-order valence-corrected chi connectivity index (χ4v) is 1.29. The molecule has 4 heteroatoms. The molecule has 0 fully saturated rings. The average Bonchev–Trinajstić information content (AvgIpc) is 2.18. The second-order valence-electron chi connectivity index (χ2n) is 3.20. The van der Waals surface area contributed by atoms with Crippen molar-refractivity contribution in [3.05, 3.63) is 0 Å². The van der Waals surface area contributed by atoms with Crippen LogP contribution in [0.15, 0.2) is 0 Å². The largest absolute Gasteiger partial charge is 0.479 e. The zero-order valence-electron chi connectivity index (χ0n) is 9.21. The van der Waals surface area contributed by atoms with E-state index in [0.29, 0.717) is 26.1 Å². The van der Waals surface area contributed by atoms with Crippen molar-refractivity contribution in [1.29, 1.82) is 0 Å². The van der Waals surface area contributed by atoms with Crippen LogP contribution in [-0.2, 0) is 14.3 Å². The first-order valence-electron chi connectivity index (χ1n) is 4.99. The summed E-state index contributed by atoms with van der Waals surface area (Å²) in [5.41, 5.74) is -1.01. The first-order chi connectivity index (χ1) is 6.63. The monoisotopic (exact) mass is 204 g/mol. The normalized spacial score (nSPS) is 11.6. The van der Waals surface area contributed by atoms with Crippen LogP contribution >= 0.6 is 0 Å². The molecule has 0 saturated carbocycles. The van der Waals surface area contributed by atoms with E-state index in [1.54, 1.807) is 7.11 Å². The zero-order valence-corrected chi connectivity index (χ0v) is 9.21. The molecule has 0 aromatic carbocycles. The van der Waals surface area contributed by atoms with Gasteiger partial charge in [0, 0.05) is 13.7 Å². The van der Waals surface area contributed by atoms with Crippen molar-refractivity contribution in [2.24, 2.45) is 0 Å². The standard InChI is InChI=1S/C10H20O4/c1-4-10(5-2,9(11)12)14-8-6-7-13-3/h4-8H2,1-3H3,(H,11,12). The SMILES string of the molecule is CCC(CC)(OCCCOC)C(=O)O. The Hall–Kier alpha value is -0.610. The summed E-state index contributed by atoms with van der Waals surface area (Å²) in [7, 11) is 1.62. The Morgan fingerprint density at radius 1 is 1.29 bits per heavy atom. The van der Waals surface area contributed by atoms with Gasteiger partial charge in [0.1, 0.15) is 0 Å². The maximum absolute atomic E-state index is 11.0. The summed E-state index contributed by atoms with van der Waals surface area (Å²) < 4.78 is 10.3. The van der Waals surface area contributed by atoms with Crippen molar-refractivity contribution < 1.29 is 19.4 Å². The molecule has 84 valence electrons. The van der Waals surface area contributed by atoms with Gasteiger partial charge in [0.25, 0.3) is 0 Å². The third kappa shape index (κ3) is 3.64. The maximum Gasteiger partial charge on any atom is 0.335 e. The molecule has 0 aliphatic heterocycles. The number of aliphatic carboxylic acids is 1. The molecule has 0 saturated heterocycles. The number of carbonyl (C=O) groups is 1. The molecule has 0 amide bonds. The van der Waals surface area contributed by atoms with Crippen LogP contribution in [0.4, 0.5) is 0 Å². The van der Waals surface area contributed by atoms with Crippen molar-refractivity contribution in [3.8, 4) is 0 Å². The van der Waals surface area contributed by atoms with Gasteiger partial charge in [0.05, 0.1) is 6.61 Å². The van der Waals surface area contributed by atoms with E-state index in [0.717, 1.165) is 6.42 Å². The number of ether oxygens (including phenoxy) is 2. The minimum Gasteiger partial charge on any atom is -0.479 e. The van der Waals surface area contributed by atoms with E-state index in [4.69, 9.17) is 14.6 Å². The molecule has 0 aliphatic rings. The summed E-state index contributed by atoms with van der Waals surface area (Å²) in [6.07, 6.45) is 1.71. The van der Waals surface area contributed by atoms with E-state index in [9.17, 15) is 4.79 Å². The summed E-state index contributed by atoms with van der Waals surface area (Å²) in [6.45, 7) is 4.69. The van der Waals surface area contributed by atoms with Crippen molar-refractivity contribution in [2.75, 3.05) is 20.3 Å². The quantitative estimate of drug-likeness (QED) is 0.611. The molecule has 0 aromatic rings. The van der Waals surface area contributed by atoms with Gasteiger partial charge in [0.2, 0.25) is 0 Å². The van der Waals surface area contributed by atoms with E-state index in [1.165, 1.54) is 0 Å². The third-order valence-electron chi connectivity index (χ3n) is 2.40. The number of rotatable bonds is 8. The van der Waals surface area contributed by atoms with Crippen molar-refractivity contribution >= 4 is 5.97 Å². The van der Waals surface area contributed by atoms with Gasteiger partial charge in [-0.05, 0) is 19.3 Å². The molecule has 4 nitrogen and oxygen atoms in total. The Morgan fingerprint density at radius 3 is 2.21 bits per heavy atom. The fraction of sp³-hybridized carbons (Fsp3) is 0.900. The summed E-state index contributed by atoms with van der Waals surface area (Å²) in [4.78, 5) is 11.0. The molecule has 0 aromatic heterocycles. The zero-order chi connectivity index (χ0) is 11.0. The number of hydrogen-bond donors (Lipinski definition) is 1. The van der Waals surface area contributed by atoms with Crippen molar-refractivity contribution in [3.63, 3.8) is 0 Å². The number of methoxy groups -OCH3 is 1. The molecule has 0 spiro atoms. The number of hydrogen-bond acceptors (Lipinski definition) is 3. The Balaban J connectivity index is 4.02. The lowest BCUT2D eigenvalue weighted by atomic mass is 9.97. The topological polar surface area (TPSA) is 55.8 Å².